The predicted molar refractivity (Wildman–Crippen MR) is 74.0 cm³/mol. The summed E-state index contributed by atoms with van der Waals surface area (Å²) in [6, 6.07) is 5.67. The van der Waals surface area contributed by atoms with Crippen molar-refractivity contribution < 1.29 is 24.2 Å². The largest absolute Gasteiger partial charge is 0.478 e. The molecule has 0 unspecified atom stereocenters. The Bertz CT molecular complexity index is 438. The second-order valence-corrected chi connectivity index (χ2v) is 4.47. The highest BCUT2D eigenvalue weighted by Crippen LogP contribution is 2.13. The van der Waals surface area contributed by atoms with Crippen LogP contribution in [0.15, 0.2) is 24.3 Å². The number of carbonyl (C=O) groups excluding carboxylic acids is 1. The van der Waals surface area contributed by atoms with Crippen LogP contribution in [0.5, 0.6) is 5.75 Å². The molecule has 1 rings (SSSR count). The van der Waals surface area contributed by atoms with Crippen molar-refractivity contribution >= 4 is 11.9 Å². The molecule has 0 amide bonds. The van der Waals surface area contributed by atoms with E-state index in [9.17, 15) is 9.59 Å². The highest BCUT2D eigenvalue weighted by atomic mass is 16.6. The minimum absolute atomic E-state index is 0.147. The van der Waals surface area contributed by atoms with Crippen molar-refractivity contribution in [3.05, 3.63) is 29.8 Å². The molecule has 0 saturated heterocycles. The first kappa shape index (κ1) is 16.2. The minimum Gasteiger partial charge on any atom is -0.478 e. The average molecular weight is 280 g/mol. The Morgan fingerprint density at radius 3 is 2.40 bits per heavy atom. The molecule has 1 aromatic rings. The maximum Gasteiger partial charge on any atom is 0.340 e. The van der Waals surface area contributed by atoms with Crippen molar-refractivity contribution in [2.24, 2.45) is 0 Å². The van der Waals surface area contributed by atoms with Gasteiger partial charge in [-0.05, 0) is 37.6 Å². The summed E-state index contributed by atoms with van der Waals surface area (Å²) >= 11 is 0. The van der Waals surface area contributed by atoms with E-state index in [2.05, 4.69) is 6.92 Å². The number of unbranched alkanes of at least 4 members (excludes halogenated alkanes) is 2. The lowest BCUT2D eigenvalue weighted by Gasteiger charge is -2.12. The van der Waals surface area contributed by atoms with Crippen LogP contribution in [0, 0.1) is 0 Å². The van der Waals surface area contributed by atoms with Gasteiger partial charge in [-0.1, -0.05) is 19.8 Å². The molecule has 0 aliphatic heterocycles. The Labute approximate surface area is 118 Å². The van der Waals surface area contributed by atoms with Crippen LogP contribution >= 0.6 is 0 Å². The molecule has 1 aromatic carbocycles. The summed E-state index contributed by atoms with van der Waals surface area (Å²) < 4.78 is 10.5. The van der Waals surface area contributed by atoms with E-state index >= 15 is 0 Å². The van der Waals surface area contributed by atoms with Gasteiger partial charge >= 0.3 is 11.9 Å². The number of esters is 1. The van der Waals surface area contributed by atoms with E-state index in [0.29, 0.717) is 12.4 Å². The number of aromatic carboxylic acids is 1. The third-order valence-corrected chi connectivity index (χ3v) is 2.77. The molecule has 1 N–H and O–H groups in total. The monoisotopic (exact) mass is 280 g/mol. The molecule has 20 heavy (non-hydrogen) atoms. The summed E-state index contributed by atoms with van der Waals surface area (Å²) in [5.41, 5.74) is 0.147. The molecule has 0 saturated carbocycles. The van der Waals surface area contributed by atoms with Crippen molar-refractivity contribution in [2.75, 3.05) is 6.61 Å². The molecule has 0 bridgehead atoms. The fourth-order valence-corrected chi connectivity index (χ4v) is 1.54. The van der Waals surface area contributed by atoms with Crippen LogP contribution in [-0.4, -0.2) is 29.8 Å². The molecule has 0 aliphatic carbocycles. The minimum atomic E-state index is -1.02. The number of carbonyl (C=O) groups is 2. The van der Waals surface area contributed by atoms with Gasteiger partial charge < -0.3 is 14.6 Å². The third kappa shape index (κ3) is 5.40. The molecule has 110 valence electrons. The molecule has 5 heteroatoms. The zero-order chi connectivity index (χ0) is 15.0. The Morgan fingerprint density at radius 2 is 1.85 bits per heavy atom. The van der Waals surface area contributed by atoms with E-state index < -0.39 is 18.0 Å². The molecule has 0 spiro atoms. The van der Waals surface area contributed by atoms with Crippen LogP contribution in [0.2, 0.25) is 0 Å². The maximum absolute atomic E-state index is 11.7. The summed E-state index contributed by atoms with van der Waals surface area (Å²) in [5, 5.41) is 8.76. The van der Waals surface area contributed by atoms with Gasteiger partial charge in [-0.15, -0.1) is 0 Å². The van der Waals surface area contributed by atoms with Gasteiger partial charge in [-0.25, -0.2) is 9.59 Å². The third-order valence-electron chi connectivity index (χ3n) is 2.77. The molecule has 0 aromatic heterocycles. The first-order valence-corrected chi connectivity index (χ1v) is 6.71. The molecular weight excluding hydrogens is 260 g/mol. The van der Waals surface area contributed by atoms with E-state index in [1.54, 1.807) is 6.92 Å². The van der Waals surface area contributed by atoms with E-state index in [1.807, 2.05) is 0 Å². The van der Waals surface area contributed by atoms with Gasteiger partial charge in [-0.2, -0.15) is 0 Å². The van der Waals surface area contributed by atoms with E-state index in [-0.39, 0.29) is 5.56 Å². The van der Waals surface area contributed by atoms with Gasteiger partial charge in [0.05, 0.1) is 5.56 Å². The summed E-state index contributed by atoms with van der Waals surface area (Å²) in [5.74, 6) is -1.19. The van der Waals surface area contributed by atoms with Crippen LogP contribution in [0.4, 0.5) is 0 Å². The number of benzene rings is 1. The van der Waals surface area contributed by atoms with Gasteiger partial charge in [0, 0.05) is 6.61 Å². The van der Waals surface area contributed by atoms with Crippen LogP contribution < -0.4 is 4.74 Å². The second-order valence-electron chi connectivity index (χ2n) is 4.47. The highest BCUT2D eigenvalue weighted by molar-refractivity contribution is 5.87. The normalized spacial score (nSPS) is 11.9. The number of carboxylic acid groups (broad SMARTS) is 1. The quantitative estimate of drug-likeness (QED) is 0.450. The molecule has 5 nitrogen and oxygen atoms in total. The fourth-order valence-electron chi connectivity index (χ4n) is 1.54. The summed E-state index contributed by atoms with van der Waals surface area (Å²) in [4.78, 5) is 22.4. The SMILES string of the molecule is CCCCCO[C@H](C)C(=O)Oc1ccc(C(=O)O)cc1. The van der Waals surface area contributed by atoms with E-state index in [4.69, 9.17) is 14.6 Å². The summed E-state index contributed by atoms with van der Waals surface area (Å²) in [6.45, 7) is 4.26. The zero-order valence-corrected chi connectivity index (χ0v) is 11.8. The predicted octanol–water partition coefficient (Wildman–Crippen LogP) is 2.89. The van der Waals surface area contributed by atoms with Crippen LogP contribution in [-0.2, 0) is 9.53 Å². The Balaban J connectivity index is 2.42. The van der Waals surface area contributed by atoms with Crippen LogP contribution in [0.3, 0.4) is 0 Å². The average Bonchev–Trinajstić information content (AvgIpc) is 2.44. The molecule has 0 aliphatic rings. The van der Waals surface area contributed by atoms with Crippen molar-refractivity contribution in [2.45, 2.75) is 39.2 Å². The number of carboxylic acids is 1. The smallest absolute Gasteiger partial charge is 0.340 e. The lowest BCUT2D eigenvalue weighted by atomic mass is 10.2. The van der Waals surface area contributed by atoms with Gasteiger partial charge in [0.2, 0.25) is 0 Å². The lowest BCUT2D eigenvalue weighted by molar-refractivity contribution is -0.146. The number of ether oxygens (including phenoxy) is 2. The summed E-state index contributed by atoms with van der Waals surface area (Å²) in [7, 11) is 0. The first-order valence-electron chi connectivity index (χ1n) is 6.71. The first-order chi connectivity index (χ1) is 9.54. The molecule has 0 radical (unpaired) electrons. The topological polar surface area (TPSA) is 72.8 Å². The Morgan fingerprint density at radius 1 is 1.20 bits per heavy atom. The number of rotatable bonds is 8. The Kier molecular flexibility index (Phi) is 6.73. The van der Waals surface area contributed by atoms with Gasteiger partial charge in [0.1, 0.15) is 5.75 Å². The zero-order valence-electron chi connectivity index (χ0n) is 11.8. The Hall–Kier alpha value is -1.88. The van der Waals surface area contributed by atoms with Crippen LogP contribution in [0.1, 0.15) is 43.5 Å². The molecule has 1 atom stereocenters. The van der Waals surface area contributed by atoms with Crippen molar-refractivity contribution in [3.8, 4) is 5.75 Å². The lowest BCUT2D eigenvalue weighted by Crippen LogP contribution is -2.26. The second kappa shape index (κ2) is 8.32. The van der Waals surface area contributed by atoms with E-state index in [1.165, 1.54) is 24.3 Å². The van der Waals surface area contributed by atoms with Gasteiger partial charge in [-0.3, -0.25) is 0 Å². The van der Waals surface area contributed by atoms with Gasteiger partial charge in [0.15, 0.2) is 6.10 Å². The van der Waals surface area contributed by atoms with Crippen molar-refractivity contribution in [1.29, 1.82) is 0 Å². The van der Waals surface area contributed by atoms with Crippen LogP contribution in [0.25, 0.3) is 0 Å². The standard InChI is InChI=1S/C15H20O5/c1-3-4-5-10-19-11(2)15(18)20-13-8-6-12(7-9-13)14(16)17/h6-9,11H,3-5,10H2,1-2H3,(H,16,17)/t11-/m1/s1. The van der Waals surface area contributed by atoms with Crippen molar-refractivity contribution in [3.63, 3.8) is 0 Å². The van der Waals surface area contributed by atoms with E-state index in [0.717, 1.165) is 19.3 Å². The molecule has 0 fully saturated rings. The maximum atomic E-state index is 11.7. The number of hydrogen-bond acceptors (Lipinski definition) is 4. The molecular formula is C15H20O5. The van der Waals surface area contributed by atoms with Gasteiger partial charge in [0.25, 0.3) is 0 Å². The summed E-state index contributed by atoms with van der Waals surface area (Å²) in [6.07, 6.45) is 2.45. The fraction of sp³-hybridized carbons (Fsp3) is 0.467. The highest BCUT2D eigenvalue weighted by Gasteiger charge is 2.15. The van der Waals surface area contributed by atoms with Crippen molar-refractivity contribution in [1.82, 2.24) is 0 Å². The molecule has 0 heterocycles. The number of hydrogen-bond donors (Lipinski definition) is 1.